The van der Waals surface area contributed by atoms with Crippen molar-refractivity contribution in [3.63, 3.8) is 0 Å². The minimum absolute atomic E-state index is 0.0256. The molecule has 9 nitrogen and oxygen atoms in total. The van der Waals surface area contributed by atoms with Crippen molar-refractivity contribution in [2.75, 3.05) is 16.0 Å². The van der Waals surface area contributed by atoms with E-state index in [-0.39, 0.29) is 68.9 Å². The quantitative estimate of drug-likeness (QED) is 0.263. The average Bonchev–Trinajstić information content (AvgIpc) is 3.12. The van der Waals surface area contributed by atoms with Gasteiger partial charge in [0.05, 0.1) is 16.3 Å². The number of benzene rings is 2. The smallest absolute Gasteiger partial charge is 0.419 e. The lowest BCUT2D eigenvalue weighted by Gasteiger charge is -2.37. The molecule has 222 valence electrons. The summed E-state index contributed by atoms with van der Waals surface area (Å²) >= 11 is 0. The Morgan fingerprint density at radius 1 is 1.29 bits per heavy atom. The van der Waals surface area contributed by atoms with E-state index >= 15 is 4.39 Å². The van der Waals surface area contributed by atoms with Crippen LogP contribution in [-0.2, 0) is 9.84 Å². The number of aromatic nitrogens is 1. The van der Waals surface area contributed by atoms with Crippen LogP contribution in [0.5, 0.6) is 11.5 Å². The number of halogens is 3. The van der Waals surface area contributed by atoms with E-state index in [0.29, 0.717) is 6.07 Å². The van der Waals surface area contributed by atoms with Gasteiger partial charge in [-0.2, -0.15) is 8.78 Å². The molecule has 0 aliphatic carbocycles. The highest BCUT2D eigenvalue weighted by Gasteiger charge is 2.48. The van der Waals surface area contributed by atoms with Crippen molar-refractivity contribution < 1.29 is 40.6 Å². The van der Waals surface area contributed by atoms with Gasteiger partial charge in [-0.05, 0) is 43.0 Å². The maximum atomic E-state index is 16.0. The number of alkyl halides is 2. The van der Waals surface area contributed by atoms with Crippen molar-refractivity contribution >= 4 is 27.1 Å². The van der Waals surface area contributed by atoms with Crippen LogP contribution in [0.3, 0.4) is 0 Å². The Labute approximate surface area is 240 Å². The first-order valence-corrected chi connectivity index (χ1v) is 14.5. The summed E-state index contributed by atoms with van der Waals surface area (Å²) in [6.07, 6.45) is -3.38. The van der Waals surface area contributed by atoms with Gasteiger partial charge in [0, 0.05) is 30.3 Å². The zero-order valence-electron chi connectivity index (χ0n) is 23.2. The number of carbonyl (C=O) groups excluding carboxylic acids is 1. The van der Waals surface area contributed by atoms with Gasteiger partial charge in [-0.3, -0.25) is 9.69 Å². The second-order valence-corrected chi connectivity index (χ2v) is 13.0. The number of allylic oxidation sites excluding steroid dienone is 1. The number of nitrogens with zero attached hydrogens (tertiary/aromatic N) is 2. The Bertz CT molecular complexity index is 1760. The van der Waals surface area contributed by atoms with Crippen molar-refractivity contribution in [1.82, 2.24) is 4.98 Å². The molecule has 1 unspecified atom stereocenters. The van der Waals surface area contributed by atoms with E-state index in [1.807, 2.05) is 0 Å². The van der Waals surface area contributed by atoms with Crippen LogP contribution in [0.15, 0.2) is 64.1 Å². The first kappa shape index (κ1) is 29.2. The highest BCUT2D eigenvalue weighted by Crippen LogP contribution is 2.52. The van der Waals surface area contributed by atoms with Gasteiger partial charge in [0.1, 0.15) is 34.8 Å². The third-order valence-electron chi connectivity index (χ3n) is 7.01. The molecule has 1 aromatic heterocycles. The van der Waals surface area contributed by atoms with E-state index in [1.54, 1.807) is 13.8 Å². The number of fused-ring (bicyclic) bond motifs is 1. The molecular formula is C29H28F3N3O6S. The number of carbonyl (C=O) groups is 1. The van der Waals surface area contributed by atoms with E-state index < -0.39 is 44.9 Å². The number of anilines is 2. The standard InChI is InChI=1S/C29H28F3N3O6S/c1-6-29(31,32)41-17-10-11-18(19(30)12-17)25-26-20(13-28(4,5)14-42(26,38)39)34-24-21(8-7-9-22(24)36)35(25)27(37)23-15(2)40-16(3)33-23/h6-12,25,34,36H,1,13-14H2,2-5H3. The minimum atomic E-state index is -4.19. The number of rotatable bonds is 5. The van der Waals surface area contributed by atoms with Crippen LogP contribution in [0.1, 0.15) is 54.0 Å². The van der Waals surface area contributed by atoms with Crippen LogP contribution in [-0.4, -0.2) is 36.3 Å². The van der Waals surface area contributed by atoms with Crippen LogP contribution < -0.4 is 15.0 Å². The lowest BCUT2D eigenvalue weighted by molar-refractivity contribution is -0.131. The van der Waals surface area contributed by atoms with Crippen molar-refractivity contribution in [3.8, 4) is 11.5 Å². The number of sulfone groups is 1. The van der Waals surface area contributed by atoms with Crippen LogP contribution in [0.25, 0.3) is 0 Å². The highest BCUT2D eigenvalue weighted by molar-refractivity contribution is 7.95. The van der Waals surface area contributed by atoms with E-state index in [4.69, 9.17) is 4.42 Å². The molecule has 0 bridgehead atoms. The minimum Gasteiger partial charge on any atom is -0.506 e. The molecule has 2 aromatic carbocycles. The predicted molar refractivity (Wildman–Crippen MR) is 149 cm³/mol. The largest absolute Gasteiger partial charge is 0.506 e. The fourth-order valence-corrected chi connectivity index (χ4v) is 7.80. The average molecular weight is 604 g/mol. The Kier molecular flexibility index (Phi) is 6.91. The molecular weight excluding hydrogens is 575 g/mol. The highest BCUT2D eigenvalue weighted by atomic mass is 32.2. The summed E-state index contributed by atoms with van der Waals surface area (Å²) < 4.78 is 81.6. The van der Waals surface area contributed by atoms with E-state index in [2.05, 4.69) is 21.6 Å². The van der Waals surface area contributed by atoms with E-state index in [0.717, 1.165) is 17.0 Å². The molecule has 2 aliphatic heterocycles. The monoisotopic (exact) mass is 603 g/mol. The molecule has 1 amide bonds. The fraction of sp³-hybridized carbons (Fsp3) is 0.310. The molecule has 42 heavy (non-hydrogen) atoms. The summed E-state index contributed by atoms with van der Waals surface area (Å²) in [7, 11) is -4.19. The lowest BCUT2D eigenvalue weighted by atomic mass is 9.88. The molecule has 2 aliphatic rings. The first-order chi connectivity index (χ1) is 19.5. The number of hydrogen-bond donors (Lipinski definition) is 2. The third-order valence-corrected chi connectivity index (χ3v) is 9.32. The molecule has 1 atom stereocenters. The molecule has 2 N–H and O–H groups in total. The number of nitrogens with one attached hydrogen (secondary N) is 1. The summed E-state index contributed by atoms with van der Waals surface area (Å²) in [5, 5.41) is 13.9. The molecule has 0 spiro atoms. The molecule has 0 saturated carbocycles. The van der Waals surface area contributed by atoms with Gasteiger partial charge >= 0.3 is 6.11 Å². The van der Waals surface area contributed by atoms with Gasteiger partial charge in [-0.1, -0.05) is 26.5 Å². The Morgan fingerprint density at radius 2 is 2.00 bits per heavy atom. The van der Waals surface area contributed by atoms with E-state index in [1.165, 1.54) is 32.0 Å². The molecule has 13 heteroatoms. The van der Waals surface area contributed by atoms with Crippen LogP contribution >= 0.6 is 0 Å². The summed E-state index contributed by atoms with van der Waals surface area (Å²) in [6.45, 7) is 9.51. The van der Waals surface area contributed by atoms with Crippen LogP contribution in [0.4, 0.5) is 24.5 Å². The van der Waals surface area contributed by atoms with Crippen molar-refractivity contribution in [2.45, 2.75) is 46.3 Å². The normalized spacial score (nSPS) is 19.3. The van der Waals surface area contributed by atoms with Gasteiger partial charge in [0.25, 0.3) is 5.91 Å². The summed E-state index contributed by atoms with van der Waals surface area (Å²) in [5.74, 6) is -2.81. The van der Waals surface area contributed by atoms with Crippen LogP contribution in [0, 0.1) is 25.1 Å². The van der Waals surface area contributed by atoms with Gasteiger partial charge in [-0.25, -0.2) is 17.8 Å². The SMILES string of the molecule is C=CC(F)(F)Oc1ccc(C2C3=C(CC(C)(C)CS3(=O)=O)Nc3c(O)cccc3N2C(=O)c2nc(C)oc2C)c(F)c1. The summed E-state index contributed by atoms with van der Waals surface area (Å²) in [5.41, 5.74) is -1.02. The molecule has 5 rings (SSSR count). The number of para-hydroxylation sites is 1. The summed E-state index contributed by atoms with van der Waals surface area (Å²) in [4.78, 5) is 19.2. The second-order valence-electron chi connectivity index (χ2n) is 11.0. The predicted octanol–water partition coefficient (Wildman–Crippen LogP) is 6.16. The van der Waals surface area contributed by atoms with Gasteiger partial charge in [0.2, 0.25) is 0 Å². The molecule has 0 fully saturated rings. The number of aryl methyl sites for hydroxylation is 2. The zero-order valence-corrected chi connectivity index (χ0v) is 24.0. The topological polar surface area (TPSA) is 122 Å². The number of amides is 1. The Morgan fingerprint density at radius 3 is 2.62 bits per heavy atom. The number of ether oxygens (including phenoxy) is 1. The van der Waals surface area contributed by atoms with Gasteiger partial charge < -0.3 is 19.6 Å². The summed E-state index contributed by atoms with van der Waals surface area (Å²) in [6, 6.07) is 5.45. The zero-order chi connectivity index (χ0) is 30.8. The Balaban J connectivity index is 1.83. The number of oxazole rings is 1. The van der Waals surface area contributed by atoms with Crippen LogP contribution in [0.2, 0.25) is 0 Å². The van der Waals surface area contributed by atoms with Crippen molar-refractivity contribution in [3.05, 3.63) is 88.4 Å². The Hall–Kier alpha value is -4.26. The molecule has 0 saturated heterocycles. The third kappa shape index (κ3) is 5.13. The maximum Gasteiger partial charge on any atom is 0.419 e. The number of hydrogen-bond acceptors (Lipinski definition) is 8. The molecule has 3 heterocycles. The number of phenols is 1. The fourth-order valence-electron chi connectivity index (χ4n) is 5.44. The van der Waals surface area contributed by atoms with Gasteiger partial charge in [-0.15, -0.1) is 0 Å². The van der Waals surface area contributed by atoms with Crippen molar-refractivity contribution in [1.29, 1.82) is 0 Å². The van der Waals surface area contributed by atoms with Gasteiger partial charge in [0.15, 0.2) is 21.4 Å². The molecule has 0 radical (unpaired) electrons. The first-order valence-electron chi connectivity index (χ1n) is 12.9. The van der Waals surface area contributed by atoms with Crippen molar-refractivity contribution in [2.24, 2.45) is 5.41 Å². The second kappa shape index (κ2) is 9.93. The lowest BCUT2D eigenvalue weighted by Crippen LogP contribution is -2.41. The number of aromatic hydroxyl groups is 1. The van der Waals surface area contributed by atoms with E-state index in [9.17, 15) is 27.1 Å². The number of phenolic OH excluding ortho intramolecular Hbond substituents is 1. The maximum absolute atomic E-state index is 16.0. The molecule has 3 aromatic rings.